The van der Waals surface area contributed by atoms with Gasteiger partial charge >= 0.3 is 5.97 Å². The van der Waals surface area contributed by atoms with Crippen LogP contribution in [0.3, 0.4) is 0 Å². The summed E-state index contributed by atoms with van der Waals surface area (Å²) >= 11 is 9.03. The molecule has 1 aliphatic heterocycles. The molecule has 4 aromatic rings. The SMILES string of the molecule is N#Cc1c(SCc2csc(-c3ccc(Cl)cc3)n2)nc(N2CCCC2)c(C#N)c1-c1ccc(OCCOC(=O)C(N)CCCN)cc1. The second-order valence-electron chi connectivity index (χ2n) is 10.8. The molecule has 242 valence electrons. The summed E-state index contributed by atoms with van der Waals surface area (Å²) in [6, 6.07) is 18.7. The van der Waals surface area contributed by atoms with Gasteiger partial charge in [-0.2, -0.15) is 10.5 Å². The number of thioether (sulfide) groups is 1. The quantitative estimate of drug-likeness (QED) is 0.0887. The summed E-state index contributed by atoms with van der Waals surface area (Å²) in [6.45, 7) is 2.25. The van der Waals surface area contributed by atoms with E-state index in [1.165, 1.54) is 11.8 Å². The van der Waals surface area contributed by atoms with Gasteiger partial charge in [0.15, 0.2) is 0 Å². The van der Waals surface area contributed by atoms with Crippen LogP contribution >= 0.6 is 34.7 Å². The minimum atomic E-state index is -0.705. The number of esters is 1. The number of hydrogen-bond acceptors (Lipinski definition) is 12. The molecular formula is C34H34ClN7O3S2. The van der Waals surface area contributed by atoms with Gasteiger partial charge in [0.05, 0.1) is 11.3 Å². The lowest BCUT2D eigenvalue weighted by Crippen LogP contribution is -2.33. The van der Waals surface area contributed by atoms with Crippen molar-refractivity contribution in [3.63, 3.8) is 0 Å². The third kappa shape index (κ3) is 8.60. The van der Waals surface area contributed by atoms with E-state index in [1.54, 1.807) is 23.5 Å². The van der Waals surface area contributed by atoms with Gasteiger partial charge in [-0.15, -0.1) is 11.3 Å². The van der Waals surface area contributed by atoms with Crippen molar-refractivity contribution in [3.8, 4) is 39.6 Å². The van der Waals surface area contributed by atoms with E-state index in [0.29, 0.717) is 69.0 Å². The predicted molar refractivity (Wildman–Crippen MR) is 185 cm³/mol. The van der Waals surface area contributed by atoms with Gasteiger partial charge in [0.1, 0.15) is 58.6 Å². The topological polar surface area (TPSA) is 164 Å². The Kier molecular flexibility index (Phi) is 12.1. The maximum Gasteiger partial charge on any atom is 0.323 e. The average Bonchev–Trinajstić information content (AvgIpc) is 3.81. The van der Waals surface area contributed by atoms with E-state index in [1.807, 2.05) is 41.8 Å². The Morgan fingerprint density at radius 2 is 1.72 bits per heavy atom. The molecule has 10 nitrogen and oxygen atoms in total. The van der Waals surface area contributed by atoms with Crippen LogP contribution in [0.4, 0.5) is 5.82 Å². The number of nitrogens with zero attached hydrogens (tertiary/aromatic N) is 5. The lowest BCUT2D eigenvalue weighted by atomic mass is 9.96. The lowest BCUT2D eigenvalue weighted by molar-refractivity contribution is -0.146. The van der Waals surface area contributed by atoms with E-state index < -0.39 is 12.0 Å². The number of aromatic nitrogens is 2. The highest BCUT2D eigenvalue weighted by molar-refractivity contribution is 7.98. The fraction of sp³-hybridized carbons (Fsp3) is 0.324. The van der Waals surface area contributed by atoms with Crippen LogP contribution in [0.5, 0.6) is 5.75 Å². The summed E-state index contributed by atoms with van der Waals surface area (Å²) in [5.41, 5.74) is 15.1. The summed E-state index contributed by atoms with van der Waals surface area (Å²) in [6.07, 6.45) is 3.14. The highest BCUT2D eigenvalue weighted by Gasteiger charge is 2.26. The van der Waals surface area contributed by atoms with Crippen molar-refractivity contribution < 1.29 is 14.3 Å². The number of ether oxygens (including phenoxy) is 2. The molecule has 47 heavy (non-hydrogen) atoms. The van der Waals surface area contributed by atoms with Crippen LogP contribution < -0.4 is 21.1 Å². The van der Waals surface area contributed by atoms with Gasteiger partial charge in [0.25, 0.3) is 0 Å². The molecule has 1 fully saturated rings. The smallest absolute Gasteiger partial charge is 0.323 e. The van der Waals surface area contributed by atoms with E-state index in [0.717, 1.165) is 42.2 Å². The number of pyridine rings is 1. The van der Waals surface area contributed by atoms with Crippen LogP contribution in [0, 0.1) is 22.7 Å². The van der Waals surface area contributed by atoms with Gasteiger partial charge in [-0.25, -0.2) is 9.97 Å². The summed E-state index contributed by atoms with van der Waals surface area (Å²) in [7, 11) is 0. The van der Waals surface area contributed by atoms with Crippen LogP contribution in [0.25, 0.3) is 21.7 Å². The Morgan fingerprint density at radius 1 is 1.02 bits per heavy atom. The monoisotopic (exact) mass is 687 g/mol. The van der Waals surface area contributed by atoms with Crippen molar-refractivity contribution >= 4 is 46.5 Å². The zero-order valence-electron chi connectivity index (χ0n) is 25.7. The van der Waals surface area contributed by atoms with Gasteiger partial charge in [-0.05, 0) is 62.1 Å². The van der Waals surface area contributed by atoms with Crippen molar-refractivity contribution in [1.29, 1.82) is 10.5 Å². The number of hydrogen-bond donors (Lipinski definition) is 2. The van der Waals surface area contributed by atoms with Gasteiger partial charge < -0.3 is 25.8 Å². The second kappa shape index (κ2) is 16.6. The normalized spacial score (nSPS) is 13.2. The largest absolute Gasteiger partial charge is 0.490 e. The number of nitriles is 2. The lowest BCUT2D eigenvalue weighted by Gasteiger charge is -2.22. The molecule has 0 aliphatic carbocycles. The molecule has 2 aromatic carbocycles. The van der Waals surface area contributed by atoms with Crippen molar-refractivity contribution in [1.82, 2.24) is 9.97 Å². The van der Waals surface area contributed by atoms with Gasteiger partial charge in [0, 0.05) is 40.4 Å². The van der Waals surface area contributed by atoms with Gasteiger partial charge in [0.2, 0.25) is 0 Å². The van der Waals surface area contributed by atoms with Crippen LogP contribution in [-0.2, 0) is 15.3 Å². The number of benzene rings is 2. The number of nitrogens with two attached hydrogens (primary N) is 2. The van der Waals surface area contributed by atoms with Gasteiger partial charge in [-0.1, -0.05) is 47.6 Å². The first kappa shape index (κ1) is 34.2. The highest BCUT2D eigenvalue weighted by Crippen LogP contribution is 2.40. The molecule has 3 heterocycles. The highest BCUT2D eigenvalue weighted by atomic mass is 35.5. The molecule has 0 bridgehead atoms. The Balaban J connectivity index is 1.35. The Morgan fingerprint density at radius 3 is 2.40 bits per heavy atom. The molecular weight excluding hydrogens is 654 g/mol. The van der Waals surface area contributed by atoms with Crippen molar-refractivity contribution in [3.05, 3.63) is 75.8 Å². The minimum absolute atomic E-state index is 0.0540. The first-order chi connectivity index (χ1) is 22.9. The molecule has 0 saturated carbocycles. The van der Waals surface area contributed by atoms with Crippen LogP contribution in [0.1, 0.15) is 42.5 Å². The second-order valence-corrected chi connectivity index (χ2v) is 13.1. The van der Waals surface area contributed by atoms with Crippen LogP contribution in [0.2, 0.25) is 5.02 Å². The summed E-state index contributed by atoms with van der Waals surface area (Å²) in [5.74, 6) is 1.17. The molecule has 13 heteroatoms. The molecule has 0 amide bonds. The Labute approximate surface area is 287 Å². The van der Waals surface area contributed by atoms with Gasteiger partial charge in [-0.3, -0.25) is 4.79 Å². The zero-order chi connectivity index (χ0) is 33.2. The maximum atomic E-state index is 12.0. The molecule has 0 spiro atoms. The van der Waals surface area contributed by atoms with E-state index in [4.69, 9.17) is 42.5 Å². The molecule has 1 unspecified atom stereocenters. The van der Waals surface area contributed by atoms with Crippen molar-refractivity contribution in [2.45, 2.75) is 42.5 Å². The van der Waals surface area contributed by atoms with Crippen molar-refractivity contribution in [2.75, 3.05) is 37.7 Å². The first-order valence-corrected chi connectivity index (χ1v) is 17.5. The summed E-state index contributed by atoms with van der Waals surface area (Å²) in [4.78, 5) is 23.8. The number of anilines is 1. The fourth-order valence-corrected chi connectivity index (χ4v) is 7.07. The van der Waals surface area contributed by atoms with Crippen LogP contribution in [-0.4, -0.2) is 54.8 Å². The van der Waals surface area contributed by atoms with E-state index >= 15 is 0 Å². The molecule has 1 aliphatic rings. The number of rotatable bonds is 14. The molecule has 0 radical (unpaired) electrons. The Bertz CT molecular complexity index is 1760. The first-order valence-electron chi connectivity index (χ1n) is 15.2. The average molecular weight is 688 g/mol. The van der Waals surface area contributed by atoms with Crippen molar-refractivity contribution in [2.24, 2.45) is 11.5 Å². The van der Waals surface area contributed by atoms with Crippen LogP contribution in [0.15, 0.2) is 58.9 Å². The van der Waals surface area contributed by atoms with E-state index in [2.05, 4.69) is 17.0 Å². The molecule has 2 aromatic heterocycles. The van der Waals surface area contributed by atoms with E-state index in [-0.39, 0.29) is 13.2 Å². The maximum absolute atomic E-state index is 12.0. The third-order valence-electron chi connectivity index (χ3n) is 7.54. The fourth-order valence-electron chi connectivity index (χ4n) is 5.14. The molecule has 5 rings (SSSR count). The minimum Gasteiger partial charge on any atom is -0.490 e. The molecule has 1 saturated heterocycles. The summed E-state index contributed by atoms with van der Waals surface area (Å²) in [5, 5.41) is 24.9. The Hall–Kier alpha value is -4.17. The summed E-state index contributed by atoms with van der Waals surface area (Å²) < 4.78 is 11.0. The number of carbonyl (C=O) groups is 1. The standard InChI is InChI=1S/C34H34ClN7O3S2/c35-24-9-5-23(6-10-24)32-40-25(20-46-32)21-47-33-28(19-38)30(27(18-37)31(41-33)42-14-1-2-15-42)22-7-11-26(12-8-22)44-16-17-45-34(43)29(39)4-3-13-36/h5-12,20,29H,1-4,13-17,21,36,39H2. The molecule has 1 atom stereocenters. The number of carbonyl (C=O) groups excluding carboxylic acids is 1. The molecule has 4 N–H and O–H groups in total. The number of halogens is 1. The number of thiazole rings is 1. The third-order valence-corrected chi connectivity index (χ3v) is 9.74. The zero-order valence-corrected chi connectivity index (χ0v) is 28.0. The van der Waals surface area contributed by atoms with E-state index in [9.17, 15) is 15.3 Å². The predicted octanol–water partition coefficient (Wildman–Crippen LogP) is 6.15.